The van der Waals surface area contributed by atoms with Crippen molar-refractivity contribution in [1.29, 1.82) is 0 Å². The summed E-state index contributed by atoms with van der Waals surface area (Å²) < 4.78 is 0. The van der Waals surface area contributed by atoms with Gasteiger partial charge in [0.25, 0.3) is 0 Å². The number of aliphatic hydroxyl groups excluding tert-OH is 1. The van der Waals surface area contributed by atoms with Crippen molar-refractivity contribution >= 4 is 0 Å². The first-order valence-corrected chi connectivity index (χ1v) is 13.7. The Morgan fingerprint density at radius 1 is 0.618 bits per heavy atom. The van der Waals surface area contributed by atoms with E-state index >= 15 is 0 Å². The van der Waals surface area contributed by atoms with Gasteiger partial charge in [0.15, 0.2) is 0 Å². The Kier molecular flexibility index (Phi) is 18.8. The molecule has 0 aliphatic carbocycles. The van der Waals surface area contributed by atoms with Crippen LogP contribution >= 0.6 is 0 Å². The minimum Gasteiger partial charge on any atom is -0.392 e. The van der Waals surface area contributed by atoms with E-state index in [0.717, 1.165) is 38.5 Å². The molecule has 0 aliphatic rings. The summed E-state index contributed by atoms with van der Waals surface area (Å²) >= 11 is 0. The lowest BCUT2D eigenvalue weighted by molar-refractivity contribution is 0.341. The van der Waals surface area contributed by atoms with Crippen LogP contribution in [0.2, 0.25) is 0 Å². The first-order chi connectivity index (χ1) is 16.1. The van der Waals surface area contributed by atoms with E-state index < -0.39 is 0 Å². The summed E-state index contributed by atoms with van der Waals surface area (Å²) in [7, 11) is 0. The summed E-state index contributed by atoms with van der Waals surface area (Å²) in [5.41, 5.74) is 8.74. The predicted molar refractivity (Wildman–Crippen MR) is 155 cm³/mol. The van der Waals surface area contributed by atoms with Crippen LogP contribution in [0, 0.1) is 11.8 Å². The second kappa shape index (κ2) is 19.7. The van der Waals surface area contributed by atoms with E-state index in [9.17, 15) is 0 Å². The Bertz CT molecular complexity index is 735. The number of allylic oxidation sites excluding steroid dienone is 11. The molecular formula is C33H56O. The van der Waals surface area contributed by atoms with Crippen LogP contribution in [-0.2, 0) is 0 Å². The van der Waals surface area contributed by atoms with E-state index in [0.29, 0.717) is 11.8 Å². The zero-order valence-corrected chi connectivity index (χ0v) is 24.1. The standard InChI is InChI=1S/C33H56O/c1-10-33(25-30(7)21-13-18-27(4)16-11-15-26(2)3)32(9)31(8)22-14-20-28(5)17-12-19-29(6)23-24-34/h15,17-18,22-23,25,32-34H,10-14,16,19-21,24H2,1-9H3/b27-18+,28-17+,29-23+,30-25+,31-22+. The van der Waals surface area contributed by atoms with E-state index in [-0.39, 0.29) is 6.61 Å². The van der Waals surface area contributed by atoms with Crippen molar-refractivity contribution in [3.05, 3.63) is 69.9 Å². The maximum Gasteiger partial charge on any atom is 0.0614 e. The SMILES string of the molecule is CCC(/C=C(\C)CC/C=C(\C)CCC=C(C)C)C(C)/C(C)=C/CC/C(C)=C/CC/C(C)=C/CO. The summed E-state index contributed by atoms with van der Waals surface area (Å²) in [6, 6.07) is 0. The summed E-state index contributed by atoms with van der Waals surface area (Å²) in [6.45, 7) is 20.5. The van der Waals surface area contributed by atoms with Crippen LogP contribution in [0.3, 0.4) is 0 Å². The number of hydrogen-bond acceptors (Lipinski definition) is 1. The fourth-order valence-electron chi connectivity index (χ4n) is 4.26. The molecule has 0 radical (unpaired) electrons. The van der Waals surface area contributed by atoms with Crippen molar-refractivity contribution in [2.75, 3.05) is 6.61 Å². The molecule has 0 spiro atoms. The van der Waals surface area contributed by atoms with E-state index in [1.54, 1.807) is 0 Å². The molecule has 2 atom stereocenters. The quantitative estimate of drug-likeness (QED) is 0.210. The summed E-state index contributed by atoms with van der Waals surface area (Å²) in [5.74, 6) is 1.22. The second-order valence-electron chi connectivity index (χ2n) is 10.6. The van der Waals surface area contributed by atoms with E-state index in [4.69, 9.17) is 5.11 Å². The molecule has 194 valence electrons. The van der Waals surface area contributed by atoms with E-state index in [2.05, 4.69) is 92.7 Å². The van der Waals surface area contributed by atoms with Gasteiger partial charge in [-0.3, -0.25) is 0 Å². The molecule has 0 fully saturated rings. The third-order valence-electron chi connectivity index (χ3n) is 6.93. The molecule has 0 bridgehead atoms. The molecule has 1 heteroatoms. The Balaban J connectivity index is 4.66. The topological polar surface area (TPSA) is 20.2 Å². The van der Waals surface area contributed by atoms with Crippen molar-refractivity contribution in [2.45, 2.75) is 120 Å². The number of hydrogen-bond donors (Lipinski definition) is 1. The van der Waals surface area contributed by atoms with Crippen molar-refractivity contribution in [3.63, 3.8) is 0 Å². The van der Waals surface area contributed by atoms with Gasteiger partial charge in [-0.1, -0.05) is 83.7 Å². The Morgan fingerprint density at radius 3 is 1.53 bits per heavy atom. The molecule has 1 N–H and O–H groups in total. The van der Waals surface area contributed by atoms with Gasteiger partial charge >= 0.3 is 0 Å². The molecule has 0 rings (SSSR count). The normalized spacial score (nSPS) is 16.0. The molecular weight excluding hydrogens is 412 g/mol. The molecule has 0 saturated heterocycles. The van der Waals surface area contributed by atoms with E-state index in [1.165, 1.54) is 52.7 Å². The molecule has 0 heterocycles. The molecule has 0 aromatic carbocycles. The van der Waals surface area contributed by atoms with Crippen LogP contribution in [-0.4, -0.2) is 11.7 Å². The molecule has 0 aromatic heterocycles. The minimum absolute atomic E-state index is 0.151. The number of rotatable bonds is 17. The van der Waals surface area contributed by atoms with Gasteiger partial charge in [0.05, 0.1) is 6.61 Å². The fourth-order valence-corrected chi connectivity index (χ4v) is 4.26. The first kappa shape index (κ1) is 32.4. The van der Waals surface area contributed by atoms with Gasteiger partial charge in [-0.05, 0) is 118 Å². The smallest absolute Gasteiger partial charge is 0.0614 e. The van der Waals surface area contributed by atoms with Crippen LogP contribution in [0.1, 0.15) is 120 Å². The van der Waals surface area contributed by atoms with Gasteiger partial charge in [-0.25, -0.2) is 0 Å². The van der Waals surface area contributed by atoms with Crippen molar-refractivity contribution < 1.29 is 5.11 Å². The average Bonchev–Trinajstić information content (AvgIpc) is 2.76. The monoisotopic (exact) mass is 468 g/mol. The average molecular weight is 469 g/mol. The third kappa shape index (κ3) is 16.9. The summed E-state index contributed by atoms with van der Waals surface area (Å²) in [5, 5.41) is 8.96. The lowest BCUT2D eigenvalue weighted by atomic mass is 9.84. The summed E-state index contributed by atoms with van der Waals surface area (Å²) in [4.78, 5) is 0. The van der Waals surface area contributed by atoms with Crippen molar-refractivity contribution in [3.8, 4) is 0 Å². The van der Waals surface area contributed by atoms with Crippen LogP contribution < -0.4 is 0 Å². The van der Waals surface area contributed by atoms with Gasteiger partial charge in [0.1, 0.15) is 0 Å². The Labute approximate surface area is 213 Å². The zero-order chi connectivity index (χ0) is 25.9. The first-order valence-electron chi connectivity index (χ1n) is 13.7. The highest BCUT2D eigenvalue weighted by molar-refractivity contribution is 5.13. The molecule has 1 nitrogen and oxygen atoms in total. The second-order valence-corrected chi connectivity index (χ2v) is 10.6. The van der Waals surface area contributed by atoms with Crippen LogP contribution in [0.4, 0.5) is 0 Å². The molecule has 0 amide bonds. The maximum absolute atomic E-state index is 8.96. The molecule has 0 aromatic rings. The van der Waals surface area contributed by atoms with Crippen LogP contribution in [0.15, 0.2) is 69.9 Å². The number of aliphatic hydroxyl groups is 1. The third-order valence-corrected chi connectivity index (χ3v) is 6.93. The highest BCUT2D eigenvalue weighted by Crippen LogP contribution is 2.27. The lowest BCUT2D eigenvalue weighted by Crippen LogP contribution is -2.10. The predicted octanol–water partition coefficient (Wildman–Crippen LogP) is 10.5. The molecule has 0 saturated carbocycles. The summed E-state index contributed by atoms with van der Waals surface area (Å²) in [6.07, 6.45) is 24.3. The molecule has 2 unspecified atom stereocenters. The maximum atomic E-state index is 8.96. The largest absolute Gasteiger partial charge is 0.392 e. The Morgan fingerprint density at radius 2 is 1.06 bits per heavy atom. The van der Waals surface area contributed by atoms with Gasteiger partial charge < -0.3 is 5.11 Å². The zero-order valence-electron chi connectivity index (χ0n) is 24.1. The highest BCUT2D eigenvalue weighted by Gasteiger charge is 2.14. The minimum atomic E-state index is 0.151. The highest BCUT2D eigenvalue weighted by atomic mass is 16.2. The molecule has 0 aliphatic heterocycles. The van der Waals surface area contributed by atoms with Gasteiger partial charge in [0.2, 0.25) is 0 Å². The Hall–Kier alpha value is -1.60. The van der Waals surface area contributed by atoms with Gasteiger partial charge in [0, 0.05) is 0 Å². The van der Waals surface area contributed by atoms with Gasteiger partial charge in [-0.2, -0.15) is 0 Å². The van der Waals surface area contributed by atoms with Crippen molar-refractivity contribution in [2.24, 2.45) is 11.8 Å². The van der Waals surface area contributed by atoms with Crippen molar-refractivity contribution in [1.82, 2.24) is 0 Å². The van der Waals surface area contributed by atoms with Crippen LogP contribution in [0.25, 0.3) is 0 Å². The molecule has 34 heavy (non-hydrogen) atoms. The van der Waals surface area contributed by atoms with Crippen LogP contribution in [0.5, 0.6) is 0 Å². The van der Waals surface area contributed by atoms with Gasteiger partial charge in [-0.15, -0.1) is 0 Å². The lowest BCUT2D eigenvalue weighted by Gasteiger charge is -2.22. The fraction of sp³-hybridized carbons (Fsp3) is 0.636. The van der Waals surface area contributed by atoms with E-state index in [1.807, 2.05) is 6.08 Å².